The van der Waals surface area contributed by atoms with Gasteiger partial charge in [-0.25, -0.2) is 9.50 Å². The zero-order valence-electron chi connectivity index (χ0n) is 21.6. The standard InChI is InChI=1S/C30H23F3N6O/c1-18-10-11-21(12-19(18)2)25-13-27(30(31,32)33)39-28(36-25)14-26(37-39)29(40)35-23-15-34-38(17-23)16-22-8-5-7-20-6-3-4-9-24(20)22/h3-15,17H,16H2,1-2H3,(H,35,40). The Morgan fingerprint density at radius 2 is 1.75 bits per heavy atom. The molecular weight excluding hydrogens is 517 g/mol. The molecule has 3 heterocycles. The summed E-state index contributed by atoms with van der Waals surface area (Å²) >= 11 is 0. The Bertz CT molecular complexity index is 1900. The summed E-state index contributed by atoms with van der Waals surface area (Å²) in [7, 11) is 0. The van der Waals surface area contributed by atoms with Gasteiger partial charge in [-0.1, -0.05) is 54.6 Å². The van der Waals surface area contributed by atoms with E-state index < -0.39 is 17.8 Å². The van der Waals surface area contributed by atoms with E-state index in [1.165, 1.54) is 12.3 Å². The lowest BCUT2D eigenvalue weighted by Crippen LogP contribution is -2.15. The van der Waals surface area contributed by atoms with Gasteiger partial charge in [0, 0.05) is 17.8 Å². The molecule has 0 aliphatic carbocycles. The van der Waals surface area contributed by atoms with Crippen LogP contribution in [-0.2, 0) is 12.7 Å². The fourth-order valence-electron chi connectivity index (χ4n) is 4.65. The predicted molar refractivity (Wildman–Crippen MR) is 146 cm³/mol. The van der Waals surface area contributed by atoms with Crippen molar-refractivity contribution in [3.63, 3.8) is 0 Å². The molecule has 0 fully saturated rings. The summed E-state index contributed by atoms with van der Waals surface area (Å²) in [6.07, 6.45) is -1.57. The molecule has 7 nitrogen and oxygen atoms in total. The molecule has 0 aliphatic heterocycles. The Hall–Kier alpha value is -4.99. The first kappa shape index (κ1) is 25.3. The van der Waals surface area contributed by atoms with Gasteiger partial charge in [0.15, 0.2) is 17.0 Å². The summed E-state index contributed by atoms with van der Waals surface area (Å²) in [4.78, 5) is 17.4. The fourth-order valence-corrected chi connectivity index (χ4v) is 4.65. The topological polar surface area (TPSA) is 77.1 Å². The number of rotatable bonds is 5. The second-order valence-electron chi connectivity index (χ2n) is 9.64. The molecule has 0 atom stereocenters. The number of hydrogen-bond acceptors (Lipinski definition) is 4. The second-order valence-corrected chi connectivity index (χ2v) is 9.64. The van der Waals surface area contributed by atoms with Crippen LogP contribution < -0.4 is 5.32 Å². The lowest BCUT2D eigenvalue weighted by atomic mass is 10.0. The highest BCUT2D eigenvalue weighted by Gasteiger charge is 2.35. The highest BCUT2D eigenvalue weighted by Crippen LogP contribution is 2.33. The van der Waals surface area contributed by atoms with E-state index in [-0.39, 0.29) is 17.0 Å². The number of nitrogens with zero attached hydrogens (tertiary/aromatic N) is 5. The van der Waals surface area contributed by atoms with Crippen LogP contribution in [0.4, 0.5) is 18.9 Å². The van der Waals surface area contributed by atoms with E-state index in [2.05, 4.69) is 20.5 Å². The molecular formula is C30H23F3N6O. The number of aryl methyl sites for hydroxylation is 2. The maximum atomic E-state index is 14.0. The van der Waals surface area contributed by atoms with Crippen LogP contribution in [0.5, 0.6) is 0 Å². The average molecular weight is 541 g/mol. The predicted octanol–water partition coefficient (Wildman–Crippen LogP) is 6.68. The van der Waals surface area contributed by atoms with Crippen molar-refractivity contribution in [2.45, 2.75) is 26.6 Å². The quantitative estimate of drug-likeness (QED) is 0.265. The van der Waals surface area contributed by atoms with Crippen LogP contribution in [0.2, 0.25) is 0 Å². The number of fused-ring (bicyclic) bond motifs is 2. The summed E-state index contributed by atoms with van der Waals surface area (Å²) in [6.45, 7) is 4.28. The summed E-state index contributed by atoms with van der Waals surface area (Å²) in [5.74, 6) is -0.670. The average Bonchev–Trinajstić information content (AvgIpc) is 3.56. The molecule has 6 rings (SSSR count). The molecule has 0 unspecified atom stereocenters. The Labute approximate surface area is 226 Å². The number of nitrogens with one attached hydrogen (secondary N) is 1. The molecule has 0 spiro atoms. The molecule has 0 saturated heterocycles. The number of carbonyl (C=O) groups excluding carboxylic acids is 1. The van der Waals surface area contributed by atoms with Gasteiger partial charge in [-0.3, -0.25) is 9.48 Å². The van der Waals surface area contributed by atoms with Gasteiger partial charge in [0.1, 0.15) is 0 Å². The monoisotopic (exact) mass is 540 g/mol. The van der Waals surface area contributed by atoms with Crippen LogP contribution in [0, 0.1) is 13.8 Å². The number of anilines is 1. The third-order valence-electron chi connectivity index (χ3n) is 6.86. The van der Waals surface area contributed by atoms with Crippen molar-refractivity contribution in [1.29, 1.82) is 0 Å². The van der Waals surface area contributed by atoms with Crippen molar-refractivity contribution in [2.75, 3.05) is 5.32 Å². The number of amides is 1. The second kappa shape index (κ2) is 9.64. The number of benzene rings is 3. The summed E-state index contributed by atoms with van der Waals surface area (Å²) in [6, 6.07) is 21.6. The van der Waals surface area contributed by atoms with Crippen LogP contribution in [0.15, 0.2) is 85.2 Å². The highest BCUT2D eigenvalue weighted by atomic mass is 19.4. The molecule has 0 saturated carbocycles. The molecule has 3 aromatic carbocycles. The third kappa shape index (κ3) is 4.79. The van der Waals surface area contributed by atoms with E-state index in [0.717, 1.165) is 33.5 Å². The van der Waals surface area contributed by atoms with Crippen LogP contribution >= 0.6 is 0 Å². The minimum Gasteiger partial charge on any atom is -0.318 e. The lowest BCUT2D eigenvalue weighted by Gasteiger charge is -2.11. The zero-order chi connectivity index (χ0) is 28.0. The van der Waals surface area contributed by atoms with Gasteiger partial charge < -0.3 is 5.32 Å². The van der Waals surface area contributed by atoms with Crippen LogP contribution in [-0.4, -0.2) is 30.3 Å². The molecule has 0 aliphatic rings. The van der Waals surface area contributed by atoms with Crippen molar-refractivity contribution in [2.24, 2.45) is 0 Å². The number of alkyl halides is 3. The molecule has 0 bridgehead atoms. The minimum absolute atomic E-state index is 0.0835. The third-order valence-corrected chi connectivity index (χ3v) is 6.86. The molecule has 0 radical (unpaired) electrons. The van der Waals surface area contributed by atoms with E-state index in [0.29, 0.717) is 22.3 Å². The molecule has 1 N–H and O–H groups in total. The minimum atomic E-state index is -4.71. The molecule has 1 amide bonds. The van der Waals surface area contributed by atoms with Crippen LogP contribution in [0.1, 0.15) is 32.9 Å². The van der Waals surface area contributed by atoms with Gasteiger partial charge in [-0.05, 0) is 53.4 Å². The van der Waals surface area contributed by atoms with E-state index in [1.807, 2.05) is 62.4 Å². The van der Waals surface area contributed by atoms with E-state index in [9.17, 15) is 18.0 Å². The van der Waals surface area contributed by atoms with Gasteiger partial charge in [0.25, 0.3) is 5.91 Å². The van der Waals surface area contributed by atoms with Crippen LogP contribution in [0.25, 0.3) is 27.7 Å². The summed E-state index contributed by atoms with van der Waals surface area (Å²) in [5, 5.41) is 13.2. The highest BCUT2D eigenvalue weighted by molar-refractivity contribution is 6.03. The summed E-state index contributed by atoms with van der Waals surface area (Å²) in [5.41, 5.74) is 2.79. The number of hydrogen-bond donors (Lipinski definition) is 1. The first-order valence-electron chi connectivity index (χ1n) is 12.5. The van der Waals surface area contributed by atoms with Crippen molar-refractivity contribution >= 4 is 28.0 Å². The SMILES string of the molecule is Cc1ccc(-c2cc(C(F)(F)F)n3nc(C(=O)Nc4cnn(Cc5cccc6ccccc56)c4)cc3n2)cc1C. The Balaban J connectivity index is 1.28. The van der Waals surface area contributed by atoms with Gasteiger partial charge >= 0.3 is 6.18 Å². The van der Waals surface area contributed by atoms with E-state index in [1.54, 1.807) is 23.0 Å². The van der Waals surface area contributed by atoms with Gasteiger partial charge in [-0.15, -0.1) is 0 Å². The fraction of sp³-hybridized carbons (Fsp3) is 0.133. The van der Waals surface area contributed by atoms with E-state index in [4.69, 9.17) is 0 Å². The van der Waals surface area contributed by atoms with Crippen molar-refractivity contribution in [3.8, 4) is 11.3 Å². The largest absolute Gasteiger partial charge is 0.433 e. The van der Waals surface area contributed by atoms with Crippen molar-refractivity contribution < 1.29 is 18.0 Å². The lowest BCUT2D eigenvalue weighted by molar-refractivity contribution is -0.142. The number of aromatic nitrogens is 5. The van der Waals surface area contributed by atoms with Gasteiger partial charge in [0.05, 0.1) is 24.1 Å². The smallest absolute Gasteiger partial charge is 0.318 e. The van der Waals surface area contributed by atoms with Crippen LogP contribution in [0.3, 0.4) is 0 Å². The molecule has 6 aromatic rings. The Morgan fingerprint density at radius 3 is 2.55 bits per heavy atom. The maximum absolute atomic E-state index is 14.0. The van der Waals surface area contributed by atoms with E-state index >= 15 is 0 Å². The normalized spacial score (nSPS) is 11.8. The number of halogens is 3. The Morgan fingerprint density at radius 1 is 0.950 bits per heavy atom. The first-order chi connectivity index (χ1) is 19.2. The van der Waals surface area contributed by atoms with Gasteiger partial charge in [0.2, 0.25) is 0 Å². The van der Waals surface area contributed by atoms with Crippen molar-refractivity contribution in [3.05, 3.63) is 113 Å². The number of carbonyl (C=O) groups is 1. The first-order valence-corrected chi connectivity index (χ1v) is 12.5. The zero-order valence-corrected chi connectivity index (χ0v) is 21.6. The van der Waals surface area contributed by atoms with Crippen molar-refractivity contribution in [1.82, 2.24) is 24.4 Å². The molecule has 200 valence electrons. The molecule has 10 heteroatoms. The Kier molecular flexibility index (Phi) is 6.10. The maximum Gasteiger partial charge on any atom is 0.433 e. The van der Waals surface area contributed by atoms with Gasteiger partial charge in [-0.2, -0.15) is 23.4 Å². The molecule has 3 aromatic heterocycles. The molecule has 40 heavy (non-hydrogen) atoms. The summed E-state index contributed by atoms with van der Waals surface area (Å²) < 4.78 is 44.3.